The fourth-order valence-electron chi connectivity index (χ4n) is 3.09. The zero-order chi connectivity index (χ0) is 22.2. The van der Waals surface area contributed by atoms with E-state index in [1.54, 1.807) is 19.1 Å². The molecule has 0 radical (unpaired) electrons. The molecular weight excluding hydrogens is 390 g/mol. The lowest BCUT2D eigenvalue weighted by Gasteiger charge is -2.15. The van der Waals surface area contributed by atoms with Gasteiger partial charge in [-0.25, -0.2) is 0 Å². The second-order valence-electron chi connectivity index (χ2n) is 7.67. The molecule has 0 fully saturated rings. The maximum Gasteiger partial charge on any atom is 0.260 e. The molecule has 2 amide bonds. The summed E-state index contributed by atoms with van der Waals surface area (Å²) in [5, 5.41) is 5.60. The van der Waals surface area contributed by atoms with Crippen LogP contribution in [0.3, 0.4) is 0 Å². The molecule has 0 aliphatic carbocycles. The van der Waals surface area contributed by atoms with Gasteiger partial charge in [-0.3, -0.25) is 9.59 Å². The Hall–Kier alpha value is -3.54. The van der Waals surface area contributed by atoms with E-state index in [2.05, 4.69) is 24.5 Å². The van der Waals surface area contributed by atoms with E-state index in [1.807, 2.05) is 65.5 Å². The van der Waals surface area contributed by atoms with Crippen molar-refractivity contribution in [2.45, 2.75) is 32.8 Å². The van der Waals surface area contributed by atoms with E-state index >= 15 is 0 Å². The van der Waals surface area contributed by atoms with Gasteiger partial charge in [-0.1, -0.05) is 26.0 Å². The molecule has 1 heterocycles. The number of amides is 2. The van der Waals surface area contributed by atoms with Gasteiger partial charge in [0, 0.05) is 36.7 Å². The Morgan fingerprint density at radius 3 is 2.10 bits per heavy atom. The molecule has 3 rings (SSSR count). The average molecular weight is 420 g/mol. The van der Waals surface area contributed by atoms with Crippen molar-refractivity contribution in [1.29, 1.82) is 0 Å². The van der Waals surface area contributed by atoms with E-state index in [1.165, 1.54) is 5.56 Å². The minimum Gasteiger partial charge on any atom is -0.481 e. The largest absolute Gasteiger partial charge is 0.481 e. The quantitative estimate of drug-likeness (QED) is 0.517. The third-order valence-electron chi connectivity index (χ3n) is 4.97. The molecule has 0 aliphatic rings. The molecule has 0 aliphatic heterocycles. The van der Waals surface area contributed by atoms with Crippen LogP contribution in [0, 0.1) is 0 Å². The molecular formula is C25H29N3O3. The summed E-state index contributed by atoms with van der Waals surface area (Å²) in [4.78, 5) is 24.5. The maximum absolute atomic E-state index is 12.3. The second-order valence-corrected chi connectivity index (χ2v) is 7.67. The van der Waals surface area contributed by atoms with Crippen LogP contribution in [-0.4, -0.2) is 35.6 Å². The number of ether oxygens (including phenoxy) is 1. The van der Waals surface area contributed by atoms with E-state index in [9.17, 15) is 9.59 Å². The third kappa shape index (κ3) is 6.22. The minimum atomic E-state index is -0.623. The molecule has 0 saturated heterocycles. The van der Waals surface area contributed by atoms with Gasteiger partial charge in [0.15, 0.2) is 6.10 Å². The molecule has 0 spiro atoms. The first-order chi connectivity index (χ1) is 14.9. The highest BCUT2D eigenvalue weighted by atomic mass is 16.5. The first-order valence-corrected chi connectivity index (χ1v) is 10.5. The fourth-order valence-corrected chi connectivity index (χ4v) is 3.09. The summed E-state index contributed by atoms with van der Waals surface area (Å²) >= 11 is 0. The highest BCUT2D eigenvalue weighted by molar-refractivity contribution is 5.94. The number of carbonyl (C=O) groups is 2. The maximum atomic E-state index is 12.3. The molecule has 0 bridgehead atoms. The van der Waals surface area contributed by atoms with Crippen molar-refractivity contribution < 1.29 is 14.3 Å². The Kier molecular flexibility index (Phi) is 7.49. The van der Waals surface area contributed by atoms with Crippen LogP contribution in [-0.2, 0) is 4.79 Å². The SMILES string of the molecule is CC(Oc1ccc(C(C)C)cc1)C(=O)NCCNC(=O)c1ccc(-n2cccc2)cc1. The lowest BCUT2D eigenvalue weighted by Crippen LogP contribution is -2.40. The number of benzene rings is 2. The van der Waals surface area contributed by atoms with Crippen LogP contribution in [0.1, 0.15) is 42.6 Å². The van der Waals surface area contributed by atoms with E-state index in [-0.39, 0.29) is 11.8 Å². The van der Waals surface area contributed by atoms with Crippen LogP contribution < -0.4 is 15.4 Å². The number of aromatic nitrogens is 1. The summed E-state index contributed by atoms with van der Waals surface area (Å²) in [6.07, 6.45) is 3.27. The third-order valence-corrected chi connectivity index (χ3v) is 4.97. The van der Waals surface area contributed by atoms with Gasteiger partial charge < -0.3 is 19.9 Å². The zero-order valence-electron chi connectivity index (χ0n) is 18.2. The summed E-state index contributed by atoms with van der Waals surface area (Å²) in [6.45, 7) is 6.62. The molecule has 6 nitrogen and oxygen atoms in total. The number of rotatable bonds is 9. The average Bonchev–Trinajstić information content (AvgIpc) is 3.32. The van der Waals surface area contributed by atoms with Crippen molar-refractivity contribution >= 4 is 11.8 Å². The van der Waals surface area contributed by atoms with Gasteiger partial charge in [0.05, 0.1) is 0 Å². The first kappa shape index (κ1) is 22.2. The standard InChI is InChI=1S/C25H29N3O3/c1-18(2)20-8-12-23(13-9-20)31-19(3)24(29)26-14-15-27-25(30)21-6-10-22(11-7-21)28-16-4-5-17-28/h4-13,16-19H,14-15H2,1-3H3,(H,26,29)(H,27,30). The number of hydrogen-bond acceptors (Lipinski definition) is 3. The van der Waals surface area contributed by atoms with E-state index in [0.29, 0.717) is 30.3 Å². The van der Waals surface area contributed by atoms with Crippen LogP contribution in [0.2, 0.25) is 0 Å². The van der Waals surface area contributed by atoms with Crippen LogP contribution in [0.5, 0.6) is 5.75 Å². The predicted octanol–water partition coefficient (Wildman–Crippen LogP) is 3.91. The Morgan fingerprint density at radius 2 is 1.48 bits per heavy atom. The number of hydrogen-bond donors (Lipinski definition) is 2. The van der Waals surface area contributed by atoms with Crippen molar-refractivity contribution in [3.63, 3.8) is 0 Å². The first-order valence-electron chi connectivity index (χ1n) is 10.5. The van der Waals surface area contributed by atoms with Gasteiger partial charge in [-0.2, -0.15) is 0 Å². The molecule has 2 N–H and O–H groups in total. The Bertz CT molecular complexity index is 978. The topological polar surface area (TPSA) is 72.4 Å². The van der Waals surface area contributed by atoms with Gasteiger partial charge in [0.2, 0.25) is 0 Å². The van der Waals surface area contributed by atoms with Crippen molar-refractivity contribution in [1.82, 2.24) is 15.2 Å². The van der Waals surface area contributed by atoms with Crippen LogP contribution in [0.4, 0.5) is 0 Å². The van der Waals surface area contributed by atoms with Crippen molar-refractivity contribution in [2.75, 3.05) is 13.1 Å². The summed E-state index contributed by atoms with van der Waals surface area (Å²) in [5.41, 5.74) is 2.78. The van der Waals surface area contributed by atoms with Crippen molar-refractivity contribution in [3.8, 4) is 11.4 Å². The molecule has 6 heteroatoms. The summed E-state index contributed by atoms with van der Waals surface area (Å²) < 4.78 is 7.67. The summed E-state index contributed by atoms with van der Waals surface area (Å²) in [6, 6.07) is 19.0. The van der Waals surface area contributed by atoms with E-state index in [0.717, 1.165) is 5.69 Å². The van der Waals surface area contributed by atoms with Crippen LogP contribution >= 0.6 is 0 Å². The van der Waals surface area contributed by atoms with E-state index in [4.69, 9.17) is 4.74 Å². The molecule has 0 saturated carbocycles. The molecule has 31 heavy (non-hydrogen) atoms. The van der Waals surface area contributed by atoms with Crippen LogP contribution in [0.25, 0.3) is 5.69 Å². The molecule has 1 atom stereocenters. The highest BCUT2D eigenvalue weighted by Gasteiger charge is 2.14. The normalized spacial score (nSPS) is 11.7. The monoisotopic (exact) mass is 419 g/mol. The highest BCUT2D eigenvalue weighted by Crippen LogP contribution is 2.19. The summed E-state index contributed by atoms with van der Waals surface area (Å²) in [7, 11) is 0. The van der Waals surface area contributed by atoms with Crippen molar-refractivity contribution in [3.05, 3.63) is 84.2 Å². The Morgan fingerprint density at radius 1 is 0.871 bits per heavy atom. The number of carbonyl (C=O) groups excluding carboxylic acids is 2. The number of nitrogens with one attached hydrogen (secondary N) is 2. The molecule has 1 aromatic heterocycles. The minimum absolute atomic E-state index is 0.178. The van der Waals surface area contributed by atoms with Crippen molar-refractivity contribution in [2.24, 2.45) is 0 Å². The van der Waals surface area contributed by atoms with E-state index < -0.39 is 6.10 Å². The predicted molar refractivity (Wildman–Crippen MR) is 122 cm³/mol. The van der Waals surface area contributed by atoms with Gasteiger partial charge in [0.25, 0.3) is 11.8 Å². The molecule has 2 aromatic carbocycles. The zero-order valence-corrected chi connectivity index (χ0v) is 18.2. The Balaban J connectivity index is 1.39. The Labute approximate surface area is 183 Å². The van der Waals surface area contributed by atoms with Gasteiger partial charge in [-0.15, -0.1) is 0 Å². The van der Waals surface area contributed by atoms with Crippen LogP contribution in [0.15, 0.2) is 73.1 Å². The smallest absolute Gasteiger partial charge is 0.260 e. The van der Waals surface area contributed by atoms with Gasteiger partial charge in [-0.05, 0) is 66.9 Å². The fraction of sp³-hybridized carbons (Fsp3) is 0.280. The van der Waals surface area contributed by atoms with Gasteiger partial charge >= 0.3 is 0 Å². The lowest BCUT2D eigenvalue weighted by molar-refractivity contribution is -0.127. The number of nitrogens with zero attached hydrogens (tertiary/aromatic N) is 1. The summed E-state index contributed by atoms with van der Waals surface area (Å²) in [5.74, 6) is 0.701. The lowest BCUT2D eigenvalue weighted by atomic mass is 10.0. The molecule has 162 valence electrons. The van der Waals surface area contributed by atoms with Gasteiger partial charge in [0.1, 0.15) is 5.75 Å². The second kappa shape index (κ2) is 10.5. The molecule has 3 aromatic rings. The molecule has 1 unspecified atom stereocenters.